The molecule has 0 saturated carbocycles. The summed E-state index contributed by atoms with van der Waals surface area (Å²) < 4.78 is 0.146. The minimum Gasteiger partial charge on any atom is -0.335 e. The third-order valence-corrected chi connectivity index (χ3v) is 4.47. The van der Waals surface area contributed by atoms with Gasteiger partial charge in [-0.15, -0.1) is 11.8 Å². The molecule has 1 saturated heterocycles. The summed E-state index contributed by atoms with van der Waals surface area (Å²) >= 11 is 1.72. The maximum atomic E-state index is 12.3. The molecule has 3 nitrogen and oxygen atoms in total. The van der Waals surface area contributed by atoms with Crippen molar-refractivity contribution in [1.29, 1.82) is 0 Å². The van der Waals surface area contributed by atoms with Gasteiger partial charge >= 0.3 is 0 Å². The molecule has 0 aromatic heterocycles. The summed E-state index contributed by atoms with van der Waals surface area (Å²) in [5.74, 6) is 0.831. The summed E-state index contributed by atoms with van der Waals surface area (Å²) in [7, 11) is 0. The third-order valence-electron chi connectivity index (χ3n) is 3.22. The number of carbonyl (C=O) groups is 1. The Morgan fingerprint density at radius 3 is 2.59 bits per heavy atom. The summed E-state index contributed by atoms with van der Waals surface area (Å²) in [6.45, 7) is 9.17. The Morgan fingerprint density at radius 2 is 2.06 bits per heavy atom. The molecule has 0 bridgehead atoms. The zero-order valence-electron chi connectivity index (χ0n) is 11.5. The number of likely N-dealkylation sites (tertiary alicyclic amines) is 1. The third kappa shape index (κ3) is 4.51. The zero-order valence-corrected chi connectivity index (χ0v) is 12.3. The van der Waals surface area contributed by atoms with Crippen molar-refractivity contribution in [3.05, 3.63) is 0 Å². The highest BCUT2D eigenvalue weighted by molar-refractivity contribution is 8.01. The minimum absolute atomic E-state index is 0.146. The van der Waals surface area contributed by atoms with E-state index in [1.165, 1.54) is 6.42 Å². The van der Waals surface area contributed by atoms with Crippen molar-refractivity contribution in [2.45, 2.75) is 63.8 Å². The van der Waals surface area contributed by atoms with Crippen LogP contribution in [0.5, 0.6) is 0 Å². The molecule has 1 rings (SSSR count). The van der Waals surface area contributed by atoms with Crippen LogP contribution in [-0.4, -0.2) is 39.9 Å². The van der Waals surface area contributed by atoms with Crippen LogP contribution >= 0.6 is 11.8 Å². The highest BCUT2D eigenvalue weighted by atomic mass is 32.2. The van der Waals surface area contributed by atoms with Crippen LogP contribution in [0.1, 0.15) is 47.0 Å². The summed E-state index contributed by atoms with van der Waals surface area (Å²) in [6, 6.07) is 0.609. The van der Waals surface area contributed by atoms with Crippen molar-refractivity contribution in [3.8, 4) is 0 Å². The van der Waals surface area contributed by atoms with E-state index in [9.17, 15) is 4.79 Å². The quantitative estimate of drug-likeness (QED) is 0.844. The fraction of sp³-hybridized carbons (Fsp3) is 0.923. The van der Waals surface area contributed by atoms with E-state index in [0.29, 0.717) is 18.3 Å². The van der Waals surface area contributed by atoms with Crippen molar-refractivity contribution >= 4 is 17.7 Å². The van der Waals surface area contributed by atoms with Crippen LogP contribution in [0.25, 0.3) is 0 Å². The molecule has 0 aromatic rings. The molecular formula is C13H26N2OS. The van der Waals surface area contributed by atoms with E-state index in [-0.39, 0.29) is 16.7 Å². The SMILES string of the molecule is CC1CCCC(CN)N1C(=O)CSC(C)(C)C. The Bertz CT molecular complexity index is 263. The first kappa shape index (κ1) is 14.8. The van der Waals surface area contributed by atoms with Gasteiger partial charge in [0.1, 0.15) is 0 Å². The Labute approximate surface area is 109 Å². The second-order valence-corrected chi connectivity index (χ2v) is 7.67. The lowest BCUT2D eigenvalue weighted by atomic mass is 9.96. The largest absolute Gasteiger partial charge is 0.335 e. The second-order valence-electron chi connectivity index (χ2n) is 5.87. The standard InChI is InChI=1S/C13H26N2OS/c1-10-6-5-7-11(8-14)15(10)12(16)9-17-13(2,3)4/h10-11H,5-9,14H2,1-4H3. The van der Waals surface area contributed by atoms with Crippen LogP contribution in [-0.2, 0) is 4.79 Å². The molecule has 0 aromatic carbocycles. The van der Waals surface area contributed by atoms with Gasteiger partial charge in [0.25, 0.3) is 0 Å². The van der Waals surface area contributed by atoms with Gasteiger partial charge in [0.2, 0.25) is 5.91 Å². The van der Waals surface area contributed by atoms with E-state index in [4.69, 9.17) is 5.73 Å². The normalized spacial score (nSPS) is 26.1. The van der Waals surface area contributed by atoms with Crippen molar-refractivity contribution in [2.75, 3.05) is 12.3 Å². The number of rotatable bonds is 3. The molecule has 2 atom stereocenters. The van der Waals surface area contributed by atoms with Crippen LogP contribution in [0.15, 0.2) is 0 Å². The van der Waals surface area contributed by atoms with Crippen LogP contribution in [0, 0.1) is 0 Å². The first-order valence-electron chi connectivity index (χ1n) is 6.50. The van der Waals surface area contributed by atoms with Crippen LogP contribution in [0.4, 0.5) is 0 Å². The van der Waals surface area contributed by atoms with Crippen LogP contribution in [0.3, 0.4) is 0 Å². The van der Waals surface area contributed by atoms with Gasteiger partial charge in [0.05, 0.1) is 5.75 Å². The van der Waals surface area contributed by atoms with Crippen LogP contribution in [0.2, 0.25) is 0 Å². The van der Waals surface area contributed by atoms with Crippen LogP contribution < -0.4 is 5.73 Å². The number of carbonyl (C=O) groups excluding carboxylic acids is 1. The molecule has 1 fully saturated rings. The lowest BCUT2D eigenvalue weighted by Gasteiger charge is -2.40. The average molecular weight is 258 g/mol. The highest BCUT2D eigenvalue weighted by Gasteiger charge is 2.31. The van der Waals surface area contributed by atoms with Crippen molar-refractivity contribution in [1.82, 2.24) is 4.90 Å². The van der Waals surface area contributed by atoms with Crippen molar-refractivity contribution < 1.29 is 4.79 Å². The molecule has 0 aliphatic carbocycles. The highest BCUT2D eigenvalue weighted by Crippen LogP contribution is 2.27. The summed E-state index contributed by atoms with van der Waals surface area (Å²) in [4.78, 5) is 14.3. The molecule has 17 heavy (non-hydrogen) atoms. The van der Waals surface area contributed by atoms with E-state index >= 15 is 0 Å². The number of thioether (sulfide) groups is 1. The fourth-order valence-corrected chi connectivity index (χ4v) is 3.03. The fourth-order valence-electron chi connectivity index (χ4n) is 2.32. The first-order chi connectivity index (χ1) is 7.85. The molecule has 0 spiro atoms. The number of piperidine rings is 1. The van der Waals surface area contributed by atoms with E-state index in [2.05, 4.69) is 27.7 Å². The average Bonchev–Trinajstić information content (AvgIpc) is 2.24. The number of amides is 1. The van der Waals surface area contributed by atoms with E-state index in [1.807, 2.05) is 4.90 Å². The summed E-state index contributed by atoms with van der Waals surface area (Å²) in [5.41, 5.74) is 5.77. The first-order valence-corrected chi connectivity index (χ1v) is 7.49. The summed E-state index contributed by atoms with van der Waals surface area (Å²) in [6.07, 6.45) is 3.37. The van der Waals surface area contributed by atoms with Gasteiger partial charge in [0.15, 0.2) is 0 Å². The molecule has 2 N–H and O–H groups in total. The number of hydrogen-bond donors (Lipinski definition) is 1. The van der Waals surface area contributed by atoms with Gasteiger partial charge in [-0.1, -0.05) is 20.8 Å². The van der Waals surface area contributed by atoms with Gasteiger partial charge in [-0.05, 0) is 26.2 Å². The Balaban J connectivity index is 2.58. The number of nitrogens with two attached hydrogens (primary N) is 1. The molecular weight excluding hydrogens is 232 g/mol. The van der Waals surface area contributed by atoms with Gasteiger partial charge in [0, 0.05) is 23.4 Å². The lowest BCUT2D eigenvalue weighted by molar-refractivity contribution is -0.134. The zero-order chi connectivity index (χ0) is 13.1. The van der Waals surface area contributed by atoms with E-state index in [0.717, 1.165) is 12.8 Å². The summed E-state index contributed by atoms with van der Waals surface area (Å²) in [5, 5.41) is 0. The second kappa shape index (κ2) is 6.10. The van der Waals surface area contributed by atoms with Gasteiger partial charge < -0.3 is 10.6 Å². The molecule has 0 radical (unpaired) electrons. The topological polar surface area (TPSA) is 46.3 Å². The molecule has 1 heterocycles. The molecule has 1 amide bonds. The lowest BCUT2D eigenvalue weighted by Crippen LogP contribution is -2.52. The smallest absolute Gasteiger partial charge is 0.233 e. The van der Waals surface area contributed by atoms with E-state index < -0.39 is 0 Å². The number of hydrogen-bond acceptors (Lipinski definition) is 3. The maximum Gasteiger partial charge on any atom is 0.233 e. The molecule has 4 heteroatoms. The minimum atomic E-state index is 0.146. The van der Waals surface area contributed by atoms with Gasteiger partial charge in [-0.2, -0.15) is 0 Å². The Morgan fingerprint density at radius 1 is 1.41 bits per heavy atom. The number of nitrogens with zero attached hydrogens (tertiary/aromatic N) is 1. The van der Waals surface area contributed by atoms with Gasteiger partial charge in [-0.25, -0.2) is 0 Å². The maximum absolute atomic E-state index is 12.3. The van der Waals surface area contributed by atoms with Crippen molar-refractivity contribution in [3.63, 3.8) is 0 Å². The van der Waals surface area contributed by atoms with E-state index in [1.54, 1.807) is 11.8 Å². The molecule has 100 valence electrons. The molecule has 1 aliphatic heterocycles. The van der Waals surface area contributed by atoms with Crippen molar-refractivity contribution in [2.24, 2.45) is 5.73 Å². The van der Waals surface area contributed by atoms with Gasteiger partial charge in [-0.3, -0.25) is 4.79 Å². The Kier molecular flexibility index (Phi) is 5.32. The monoisotopic (exact) mass is 258 g/mol. The predicted octanol–water partition coefficient (Wildman–Crippen LogP) is 2.25. The predicted molar refractivity (Wildman–Crippen MR) is 75.2 cm³/mol. The Hall–Kier alpha value is -0.220. The molecule has 1 aliphatic rings. The molecule has 2 unspecified atom stereocenters.